The highest BCUT2D eigenvalue weighted by molar-refractivity contribution is 6.01. The molecule has 0 fully saturated rings. The Bertz CT molecular complexity index is 1540. The summed E-state index contributed by atoms with van der Waals surface area (Å²) in [6.45, 7) is 3.86. The van der Waals surface area contributed by atoms with Crippen LogP contribution in [0.3, 0.4) is 0 Å². The van der Waals surface area contributed by atoms with Crippen LogP contribution in [-0.4, -0.2) is 39.1 Å². The Kier molecular flexibility index (Phi) is 9.62. The lowest BCUT2D eigenvalue weighted by atomic mass is 10.0. The second-order valence-electron chi connectivity index (χ2n) is 10.6. The molecule has 7 nitrogen and oxygen atoms in total. The first-order valence-electron chi connectivity index (χ1n) is 14.8. The van der Waals surface area contributed by atoms with Crippen molar-refractivity contribution >= 4 is 23.2 Å². The van der Waals surface area contributed by atoms with Crippen LogP contribution in [-0.2, 0) is 29.0 Å². The van der Waals surface area contributed by atoms with Crippen LogP contribution < -0.4 is 24.6 Å². The molecule has 5 rings (SSSR count). The van der Waals surface area contributed by atoms with Crippen molar-refractivity contribution in [2.24, 2.45) is 0 Å². The van der Waals surface area contributed by atoms with Crippen LogP contribution in [0.1, 0.15) is 41.6 Å². The predicted octanol–water partition coefficient (Wildman–Crippen LogP) is 6.11. The van der Waals surface area contributed by atoms with Crippen molar-refractivity contribution in [2.45, 2.75) is 38.8 Å². The van der Waals surface area contributed by atoms with E-state index in [0.29, 0.717) is 35.8 Å². The van der Waals surface area contributed by atoms with Crippen LogP contribution in [0.5, 0.6) is 11.5 Å². The summed E-state index contributed by atoms with van der Waals surface area (Å²) in [7, 11) is 3.13. The van der Waals surface area contributed by atoms with Gasteiger partial charge in [-0.05, 0) is 65.4 Å². The van der Waals surface area contributed by atoms with E-state index in [1.807, 2.05) is 66.7 Å². The molecule has 0 aromatic heterocycles. The summed E-state index contributed by atoms with van der Waals surface area (Å²) < 4.78 is 11.1. The number of hydrogen-bond donors (Lipinski definition) is 1. The number of hydrogen-bond acceptors (Lipinski definition) is 5. The third-order valence-electron chi connectivity index (χ3n) is 8.01. The average molecular weight is 578 g/mol. The number of aryl methyl sites for hydroxylation is 1. The maximum Gasteiger partial charge on any atom is 0.248 e. The Hall–Kier alpha value is -4.78. The number of methoxy groups -OCH3 is 2. The van der Waals surface area contributed by atoms with Gasteiger partial charge in [-0.3, -0.25) is 14.5 Å². The number of nitrogens with zero attached hydrogens (tertiary/aromatic N) is 2. The molecule has 7 heteroatoms. The van der Waals surface area contributed by atoms with Crippen molar-refractivity contribution in [1.29, 1.82) is 0 Å². The minimum atomic E-state index is -0.936. The van der Waals surface area contributed by atoms with Crippen LogP contribution in [0.4, 0.5) is 11.4 Å². The summed E-state index contributed by atoms with van der Waals surface area (Å²) in [6, 6.07) is 30.4. The van der Waals surface area contributed by atoms with Crippen LogP contribution in [0.15, 0.2) is 97.1 Å². The fourth-order valence-electron chi connectivity index (χ4n) is 5.64. The maximum absolute atomic E-state index is 14.3. The third-order valence-corrected chi connectivity index (χ3v) is 8.01. The van der Waals surface area contributed by atoms with Crippen molar-refractivity contribution in [3.05, 3.63) is 119 Å². The lowest BCUT2D eigenvalue weighted by Gasteiger charge is -2.33. The molecular weight excluding hydrogens is 538 g/mol. The second kappa shape index (κ2) is 13.9. The Morgan fingerprint density at radius 2 is 1.58 bits per heavy atom. The number of anilines is 2. The molecule has 1 aliphatic rings. The lowest BCUT2D eigenvalue weighted by Crippen LogP contribution is -2.44. The number of fused-ring (bicyclic) bond motifs is 1. The number of carbonyl (C=O) groups excluding carboxylic acids is 2. The SMILES string of the molecule is CCc1ccc(N(C(=O)CCN2CCc3ccccc32)C(C(=O)NCc2ccccc2)c2ccc(OC)c(OC)c2)cc1. The van der Waals surface area contributed by atoms with Gasteiger partial charge in [0.05, 0.1) is 14.2 Å². The standard InChI is InChI=1S/C36H39N3O4/c1-4-26-14-17-30(18-15-26)39(34(40)21-23-38-22-20-28-12-8-9-13-31(28)38)35(29-16-19-32(42-2)33(24-29)43-3)36(41)37-25-27-10-6-5-7-11-27/h5-19,24,35H,4,20-23,25H2,1-3H3,(H,37,41). The van der Waals surface area contributed by atoms with E-state index in [1.54, 1.807) is 31.3 Å². The molecule has 222 valence electrons. The molecule has 1 unspecified atom stereocenters. The predicted molar refractivity (Wildman–Crippen MR) is 171 cm³/mol. The Morgan fingerprint density at radius 1 is 0.860 bits per heavy atom. The van der Waals surface area contributed by atoms with E-state index >= 15 is 0 Å². The van der Waals surface area contributed by atoms with E-state index in [9.17, 15) is 9.59 Å². The Labute approximate surface area is 254 Å². The van der Waals surface area contributed by atoms with Crippen LogP contribution in [0, 0.1) is 0 Å². The van der Waals surface area contributed by atoms with Crippen molar-refractivity contribution in [1.82, 2.24) is 5.32 Å². The molecule has 2 amide bonds. The number of ether oxygens (including phenoxy) is 2. The number of para-hydroxylation sites is 1. The zero-order valence-corrected chi connectivity index (χ0v) is 25.1. The zero-order chi connectivity index (χ0) is 30.2. The van der Waals surface area contributed by atoms with Crippen molar-refractivity contribution < 1.29 is 19.1 Å². The maximum atomic E-state index is 14.3. The highest BCUT2D eigenvalue weighted by Crippen LogP contribution is 2.35. The molecule has 0 aliphatic carbocycles. The van der Waals surface area contributed by atoms with Gasteiger partial charge in [-0.25, -0.2) is 0 Å². The van der Waals surface area contributed by atoms with Crippen LogP contribution >= 0.6 is 0 Å². The number of nitrogens with one attached hydrogen (secondary N) is 1. The van der Waals surface area contributed by atoms with Crippen molar-refractivity contribution in [3.63, 3.8) is 0 Å². The zero-order valence-electron chi connectivity index (χ0n) is 25.1. The minimum absolute atomic E-state index is 0.136. The first kappa shape index (κ1) is 29.7. The molecule has 1 atom stereocenters. The van der Waals surface area contributed by atoms with E-state index in [-0.39, 0.29) is 18.2 Å². The molecular formula is C36H39N3O4. The van der Waals surface area contributed by atoms with Gasteiger partial charge < -0.3 is 19.7 Å². The van der Waals surface area contributed by atoms with Gasteiger partial charge in [-0.15, -0.1) is 0 Å². The lowest BCUT2D eigenvalue weighted by molar-refractivity contribution is -0.126. The fraction of sp³-hybridized carbons (Fsp3) is 0.278. The molecule has 0 radical (unpaired) electrons. The summed E-state index contributed by atoms with van der Waals surface area (Å²) in [5, 5.41) is 3.09. The molecule has 1 heterocycles. The summed E-state index contributed by atoms with van der Waals surface area (Å²) in [4.78, 5) is 32.3. The summed E-state index contributed by atoms with van der Waals surface area (Å²) >= 11 is 0. The summed E-state index contributed by atoms with van der Waals surface area (Å²) in [5.74, 6) is 0.620. The van der Waals surface area contributed by atoms with E-state index in [2.05, 4.69) is 35.3 Å². The highest BCUT2D eigenvalue weighted by Gasteiger charge is 2.34. The quantitative estimate of drug-likeness (QED) is 0.220. The number of carbonyl (C=O) groups is 2. The molecule has 0 saturated heterocycles. The van der Waals surface area contributed by atoms with Crippen molar-refractivity contribution in [3.8, 4) is 11.5 Å². The van der Waals surface area contributed by atoms with Gasteiger partial charge in [0.15, 0.2) is 11.5 Å². The first-order valence-corrected chi connectivity index (χ1v) is 14.8. The van der Waals surface area contributed by atoms with Gasteiger partial charge in [0, 0.05) is 37.4 Å². The molecule has 0 spiro atoms. The normalized spacial score (nSPS) is 12.8. The molecule has 4 aromatic carbocycles. The highest BCUT2D eigenvalue weighted by atomic mass is 16.5. The minimum Gasteiger partial charge on any atom is -0.493 e. The number of benzene rings is 4. The second-order valence-corrected chi connectivity index (χ2v) is 10.6. The van der Waals surface area contributed by atoms with Gasteiger partial charge in [-0.2, -0.15) is 0 Å². The molecule has 0 bridgehead atoms. The van der Waals surface area contributed by atoms with Gasteiger partial charge >= 0.3 is 0 Å². The van der Waals surface area contributed by atoms with Gasteiger partial charge in [-0.1, -0.05) is 73.7 Å². The number of rotatable bonds is 12. The van der Waals surface area contributed by atoms with E-state index in [4.69, 9.17) is 9.47 Å². The van der Waals surface area contributed by atoms with Crippen LogP contribution in [0.25, 0.3) is 0 Å². The van der Waals surface area contributed by atoms with E-state index < -0.39 is 6.04 Å². The summed E-state index contributed by atoms with van der Waals surface area (Å²) in [5.41, 5.74) is 5.89. The first-order chi connectivity index (χ1) is 21.0. The Morgan fingerprint density at radius 3 is 2.30 bits per heavy atom. The number of amides is 2. The molecule has 0 saturated carbocycles. The van der Waals surface area contributed by atoms with E-state index in [1.165, 1.54) is 11.3 Å². The topological polar surface area (TPSA) is 71.1 Å². The van der Waals surface area contributed by atoms with Gasteiger partial charge in [0.25, 0.3) is 0 Å². The Balaban J connectivity index is 1.51. The largest absolute Gasteiger partial charge is 0.493 e. The molecule has 43 heavy (non-hydrogen) atoms. The molecule has 4 aromatic rings. The molecule has 1 aliphatic heterocycles. The fourth-order valence-corrected chi connectivity index (χ4v) is 5.64. The van der Waals surface area contributed by atoms with Gasteiger partial charge in [0.2, 0.25) is 11.8 Å². The smallest absolute Gasteiger partial charge is 0.248 e. The van der Waals surface area contributed by atoms with Crippen molar-refractivity contribution in [2.75, 3.05) is 37.1 Å². The van der Waals surface area contributed by atoms with Crippen LogP contribution in [0.2, 0.25) is 0 Å². The third kappa shape index (κ3) is 6.83. The van der Waals surface area contributed by atoms with E-state index in [0.717, 1.165) is 30.5 Å². The summed E-state index contributed by atoms with van der Waals surface area (Å²) in [6.07, 6.45) is 2.08. The monoisotopic (exact) mass is 577 g/mol. The average Bonchev–Trinajstić information content (AvgIpc) is 3.48. The molecule has 1 N–H and O–H groups in total. The van der Waals surface area contributed by atoms with Gasteiger partial charge in [0.1, 0.15) is 6.04 Å².